The van der Waals surface area contributed by atoms with Crippen LogP contribution in [0, 0.1) is 18.6 Å². The van der Waals surface area contributed by atoms with Gasteiger partial charge >= 0.3 is 0 Å². The monoisotopic (exact) mass is 446 g/mol. The van der Waals surface area contributed by atoms with Gasteiger partial charge in [0.25, 0.3) is 5.92 Å². The van der Waals surface area contributed by atoms with E-state index in [-0.39, 0.29) is 12.8 Å². The number of fused-ring (bicyclic) bond motifs is 1. The first-order valence-electron chi connectivity index (χ1n) is 10.5. The zero-order chi connectivity index (χ0) is 23.3. The van der Waals surface area contributed by atoms with Crippen LogP contribution >= 0.6 is 0 Å². The summed E-state index contributed by atoms with van der Waals surface area (Å²) in [6.45, 7) is 11.0. The van der Waals surface area contributed by atoms with E-state index in [1.165, 1.54) is 6.07 Å². The Morgan fingerprint density at radius 2 is 1.91 bits per heavy atom. The molecule has 0 saturated heterocycles. The van der Waals surface area contributed by atoms with Crippen LogP contribution in [0.25, 0.3) is 11.3 Å². The Balaban J connectivity index is 1.62. The molecule has 0 amide bonds. The summed E-state index contributed by atoms with van der Waals surface area (Å²) in [4.78, 5) is 4.41. The molecule has 2 heterocycles. The Kier molecular flexibility index (Phi) is 5.53. The zero-order valence-electron chi connectivity index (χ0n) is 18.2. The van der Waals surface area contributed by atoms with Crippen LogP contribution in [0.5, 0.6) is 0 Å². The average Bonchev–Trinajstić information content (AvgIpc) is 3.26. The topological polar surface area (TPSA) is 41.4 Å². The van der Waals surface area contributed by atoms with Gasteiger partial charge in [-0.05, 0) is 44.5 Å². The fourth-order valence-corrected chi connectivity index (χ4v) is 4.74. The summed E-state index contributed by atoms with van der Waals surface area (Å²) < 4.78 is 55.9. The molecule has 0 bridgehead atoms. The second kappa shape index (κ2) is 7.92. The molecular weight excluding hydrogens is 420 g/mol. The Hall–Kier alpha value is -2.87. The third kappa shape index (κ3) is 3.88. The van der Waals surface area contributed by atoms with Gasteiger partial charge in [0.05, 0.1) is 18.5 Å². The molecule has 4 rings (SSSR count). The van der Waals surface area contributed by atoms with Crippen molar-refractivity contribution in [3.05, 3.63) is 65.5 Å². The second-order valence-electron chi connectivity index (χ2n) is 8.56. The highest BCUT2D eigenvalue weighted by Gasteiger charge is 2.56. The summed E-state index contributed by atoms with van der Waals surface area (Å²) >= 11 is 0. The summed E-state index contributed by atoms with van der Waals surface area (Å²) in [5.41, 5.74) is 4.40. The van der Waals surface area contributed by atoms with E-state index in [1.807, 2.05) is 6.92 Å². The largest absolute Gasteiger partial charge is 0.355 e. The fraction of sp³-hybridized carbons (Fsp3) is 0.375. The average molecular weight is 446 g/mol. The molecule has 2 N–H and O–H groups in total. The maximum Gasteiger partial charge on any atom is 0.255 e. The lowest BCUT2D eigenvalue weighted by Crippen LogP contribution is -2.58. The third-order valence-electron chi connectivity index (χ3n) is 6.27. The molecule has 0 spiro atoms. The van der Waals surface area contributed by atoms with Gasteiger partial charge in [-0.3, -0.25) is 10.3 Å². The van der Waals surface area contributed by atoms with Crippen LogP contribution in [0.1, 0.15) is 41.8 Å². The van der Waals surface area contributed by atoms with Crippen LogP contribution in [0.4, 0.5) is 23.2 Å². The maximum absolute atomic E-state index is 13.6. The van der Waals surface area contributed by atoms with E-state index >= 15 is 0 Å². The first-order chi connectivity index (χ1) is 15.1. The third-order valence-corrected chi connectivity index (χ3v) is 6.27. The second-order valence-corrected chi connectivity index (χ2v) is 8.56. The van der Waals surface area contributed by atoms with Crippen LogP contribution in [-0.4, -0.2) is 29.4 Å². The number of allylic oxidation sites excluding steroid dienone is 1. The van der Waals surface area contributed by atoms with Gasteiger partial charge in [-0.1, -0.05) is 13.2 Å². The molecule has 1 saturated carbocycles. The fourth-order valence-electron chi connectivity index (χ4n) is 4.74. The summed E-state index contributed by atoms with van der Waals surface area (Å²) in [5.74, 6) is -4.56. The molecule has 1 aromatic carbocycles. The van der Waals surface area contributed by atoms with Crippen molar-refractivity contribution in [2.45, 2.75) is 50.7 Å². The van der Waals surface area contributed by atoms with Crippen LogP contribution in [-0.2, 0) is 13.0 Å². The van der Waals surface area contributed by atoms with Crippen LogP contribution in [0.2, 0.25) is 0 Å². The number of aliphatic imine (C=N–C) groups is 1. The first kappa shape index (κ1) is 22.3. The molecule has 1 fully saturated rings. The van der Waals surface area contributed by atoms with E-state index in [0.717, 1.165) is 54.0 Å². The quantitative estimate of drug-likeness (QED) is 0.434. The molecule has 0 radical (unpaired) electrons. The van der Waals surface area contributed by atoms with E-state index in [0.29, 0.717) is 17.0 Å². The predicted molar refractivity (Wildman–Crippen MR) is 120 cm³/mol. The number of rotatable bonds is 7. The number of halogens is 4. The zero-order valence-corrected chi connectivity index (χ0v) is 18.2. The molecule has 1 aliphatic heterocycles. The summed E-state index contributed by atoms with van der Waals surface area (Å²) in [6, 6.07) is 3.60. The number of aromatic nitrogens is 1. The van der Waals surface area contributed by atoms with E-state index < -0.39 is 23.2 Å². The van der Waals surface area contributed by atoms with Crippen molar-refractivity contribution in [1.29, 1.82) is 0 Å². The van der Waals surface area contributed by atoms with Crippen molar-refractivity contribution in [2.75, 3.05) is 12.4 Å². The first-order valence-corrected chi connectivity index (χ1v) is 10.5. The van der Waals surface area contributed by atoms with E-state index in [2.05, 4.69) is 33.4 Å². The molecule has 8 heteroatoms. The van der Waals surface area contributed by atoms with Gasteiger partial charge in [-0.15, -0.1) is 0 Å². The van der Waals surface area contributed by atoms with Gasteiger partial charge in [0.15, 0.2) is 11.6 Å². The molecule has 2 aliphatic rings. The van der Waals surface area contributed by atoms with Crippen LogP contribution in [0.15, 0.2) is 36.3 Å². The minimum atomic E-state index is -2.70. The molecule has 1 aromatic heterocycles. The van der Waals surface area contributed by atoms with E-state index in [4.69, 9.17) is 0 Å². The molecule has 1 aliphatic carbocycles. The van der Waals surface area contributed by atoms with Crippen LogP contribution < -0.4 is 10.6 Å². The minimum absolute atomic E-state index is 0.342. The summed E-state index contributed by atoms with van der Waals surface area (Å²) in [5, 5.41) is 5.97. The highest BCUT2D eigenvalue weighted by atomic mass is 19.3. The normalized spacial score (nSPS) is 18.4. The highest BCUT2D eigenvalue weighted by Crippen LogP contribution is 2.46. The number of nitrogens with one attached hydrogen (secondary N) is 2. The predicted octanol–water partition coefficient (Wildman–Crippen LogP) is 5.53. The Labute approximate surface area is 184 Å². The van der Waals surface area contributed by atoms with Crippen LogP contribution in [0.3, 0.4) is 0 Å². The highest BCUT2D eigenvalue weighted by molar-refractivity contribution is 6.09. The SMILES string of the molecule is C=C(Nc1ccc(F)c(F)c1)c1c(C)c(C(=C)C=NC2(NC)CC(F)(F)C2)n2c1CCC2. The smallest absolute Gasteiger partial charge is 0.255 e. The molecular formula is C24H26F4N4. The molecule has 4 nitrogen and oxygen atoms in total. The number of hydrogen-bond acceptors (Lipinski definition) is 3. The van der Waals surface area contributed by atoms with E-state index in [1.54, 1.807) is 13.3 Å². The Morgan fingerprint density at radius 3 is 2.53 bits per heavy atom. The van der Waals surface area contributed by atoms with Crippen molar-refractivity contribution in [3.63, 3.8) is 0 Å². The van der Waals surface area contributed by atoms with Gasteiger partial charge in [0, 0.05) is 47.0 Å². The van der Waals surface area contributed by atoms with Gasteiger partial charge < -0.3 is 9.88 Å². The van der Waals surface area contributed by atoms with Gasteiger partial charge in [-0.2, -0.15) is 0 Å². The standard InChI is InChI=1S/C24H26F4N4/c1-14(11-30-24(29-4)12-23(27,28)13-24)22-15(2)21(20-6-5-9-32(20)22)16(3)31-17-7-8-18(25)19(26)10-17/h7-8,10-11,29,31H,1,3,5-6,9,12-13H2,2,4H3. The lowest BCUT2D eigenvalue weighted by molar-refractivity contribution is -0.129. The maximum atomic E-state index is 13.6. The van der Waals surface area contributed by atoms with Crippen molar-refractivity contribution >= 4 is 23.2 Å². The van der Waals surface area contributed by atoms with Gasteiger partial charge in [-0.25, -0.2) is 17.6 Å². The number of hydrogen-bond donors (Lipinski definition) is 2. The van der Waals surface area contributed by atoms with Gasteiger partial charge in [0.1, 0.15) is 5.66 Å². The van der Waals surface area contributed by atoms with Crippen molar-refractivity contribution in [1.82, 2.24) is 9.88 Å². The number of benzene rings is 1. The number of anilines is 1. The Morgan fingerprint density at radius 1 is 1.19 bits per heavy atom. The molecule has 0 unspecified atom stereocenters. The Bertz CT molecular complexity index is 1120. The molecule has 170 valence electrons. The molecule has 0 atom stereocenters. The minimum Gasteiger partial charge on any atom is -0.355 e. The molecule has 2 aromatic rings. The lowest BCUT2D eigenvalue weighted by Gasteiger charge is -2.44. The number of nitrogens with zero attached hydrogens (tertiary/aromatic N) is 2. The van der Waals surface area contributed by atoms with Crippen molar-refractivity contribution < 1.29 is 17.6 Å². The summed E-state index contributed by atoms with van der Waals surface area (Å²) in [6.07, 6.45) is 2.67. The molecule has 32 heavy (non-hydrogen) atoms. The summed E-state index contributed by atoms with van der Waals surface area (Å²) in [7, 11) is 1.63. The van der Waals surface area contributed by atoms with Crippen molar-refractivity contribution in [3.8, 4) is 0 Å². The lowest BCUT2D eigenvalue weighted by atomic mass is 9.81. The number of alkyl halides is 2. The van der Waals surface area contributed by atoms with Crippen molar-refractivity contribution in [2.24, 2.45) is 4.99 Å². The van der Waals surface area contributed by atoms with Gasteiger partial charge in [0.2, 0.25) is 0 Å². The van der Waals surface area contributed by atoms with E-state index in [9.17, 15) is 17.6 Å².